The molecule has 1 N–H and O–H groups in total. The number of benzene rings is 2. The molecule has 5 nitrogen and oxygen atoms in total. The maximum absolute atomic E-state index is 12.5. The Balaban J connectivity index is 1.68. The molecule has 1 atom stereocenters. The smallest absolute Gasteiger partial charge is 0.251 e. The Bertz CT molecular complexity index is 903. The zero-order chi connectivity index (χ0) is 19.4. The Morgan fingerprint density at radius 1 is 1.19 bits per heavy atom. The van der Waals surface area contributed by atoms with Crippen molar-refractivity contribution in [3.63, 3.8) is 0 Å². The highest BCUT2D eigenvalue weighted by molar-refractivity contribution is 6.32. The van der Waals surface area contributed by atoms with E-state index < -0.39 is 0 Å². The van der Waals surface area contributed by atoms with Crippen molar-refractivity contribution in [2.45, 2.75) is 25.8 Å². The van der Waals surface area contributed by atoms with E-state index in [1.807, 2.05) is 24.3 Å². The number of halogens is 1. The van der Waals surface area contributed by atoms with Gasteiger partial charge in [-0.3, -0.25) is 9.59 Å². The second-order valence-corrected chi connectivity index (χ2v) is 7.07. The van der Waals surface area contributed by atoms with Crippen molar-refractivity contribution in [1.82, 2.24) is 10.2 Å². The highest BCUT2D eigenvalue weighted by atomic mass is 35.5. The van der Waals surface area contributed by atoms with E-state index in [0.717, 1.165) is 30.5 Å². The van der Waals surface area contributed by atoms with Crippen LogP contribution in [0.2, 0.25) is 5.02 Å². The summed E-state index contributed by atoms with van der Waals surface area (Å²) in [5.41, 5.74) is 2.80. The quantitative estimate of drug-likeness (QED) is 0.882. The lowest BCUT2D eigenvalue weighted by Gasteiger charge is -2.32. The van der Waals surface area contributed by atoms with Crippen LogP contribution in [0.15, 0.2) is 42.5 Å². The number of carbonyl (C=O) groups excluding carboxylic acids is 2. The van der Waals surface area contributed by atoms with Crippen LogP contribution in [0.3, 0.4) is 0 Å². The summed E-state index contributed by atoms with van der Waals surface area (Å²) in [7, 11) is 0. The minimum absolute atomic E-state index is 0.0211. The van der Waals surface area contributed by atoms with Gasteiger partial charge < -0.3 is 10.2 Å². The zero-order valence-corrected chi connectivity index (χ0v) is 15.8. The number of nitrogens with one attached hydrogen (secondary N) is 1. The fourth-order valence-electron chi connectivity index (χ4n) is 3.25. The average molecular weight is 382 g/mol. The summed E-state index contributed by atoms with van der Waals surface area (Å²) in [6.45, 7) is 2.87. The van der Waals surface area contributed by atoms with E-state index in [9.17, 15) is 9.59 Å². The van der Waals surface area contributed by atoms with Crippen LogP contribution in [-0.4, -0.2) is 35.8 Å². The van der Waals surface area contributed by atoms with E-state index in [4.69, 9.17) is 16.9 Å². The fourth-order valence-corrected chi connectivity index (χ4v) is 3.47. The number of hydrogen-bond donors (Lipinski definition) is 1. The third-order valence-electron chi connectivity index (χ3n) is 4.77. The van der Waals surface area contributed by atoms with Crippen LogP contribution in [0.1, 0.15) is 35.7 Å². The van der Waals surface area contributed by atoms with E-state index in [0.29, 0.717) is 22.7 Å². The standard InChI is InChI=1S/C21H20ClN3O2/c1-14(26)25-10-2-3-19(13-25)24-21(27)16-6-4-15(5-7-16)17-8-9-18(12-23)20(22)11-17/h4-9,11,19H,2-3,10,13H2,1H3,(H,24,27)/t19-/m1/s1. The van der Waals surface area contributed by atoms with Crippen molar-refractivity contribution in [3.05, 3.63) is 58.6 Å². The third-order valence-corrected chi connectivity index (χ3v) is 5.08. The number of carbonyl (C=O) groups is 2. The van der Waals surface area contributed by atoms with Crippen molar-refractivity contribution < 1.29 is 9.59 Å². The molecule has 27 heavy (non-hydrogen) atoms. The molecule has 2 amide bonds. The number of rotatable bonds is 3. The van der Waals surface area contributed by atoms with Crippen molar-refractivity contribution in [1.29, 1.82) is 5.26 Å². The largest absolute Gasteiger partial charge is 0.348 e. The molecule has 2 aromatic carbocycles. The molecule has 1 aliphatic rings. The van der Waals surface area contributed by atoms with Crippen LogP contribution in [0.5, 0.6) is 0 Å². The van der Waals surface area contributed by atoms with Gasteiger partial charge in [0.1, 0.15) is 6.07 Å². The van der Waals surface area contributed by atoms with Crippen LogP contribution in [0, 0.1) is 11.3 Å². The number of piperidine rings is 1. The maximum Gasteiger partial charge on any atom is 0.251 e. The summed E-state index contributed by atoms with van der Waals surface area (Å²) in [5.74, 6) is -0.103. The van der Waals surface area contributed by atoms with Crippen LogP contribution < -0.4 is 5.32 Å². The summed E-state index contributed by atoms with van der Waals surface area (Å²) in [6, 6.07) is 14.5. The van der Waals surface area contributed by atoms with Gasteiger partial charge >= 0.3 is 0 Å². The highest BCUT2D eigenvalue weighted by Gasteiger charge is 2.23. The molecule has 0 unspecified atom stereocenters. The SMILES string of the molecule is CC(=O)N1CCC[C@@H](NC(=O)c2ccc(-c3ccc(C#N)c(Cl)c3)cc2)C1. The van der Waals surface area contributed by atoms with E-state index in [1.54, 1.807) is 36.1 Å². The summed E-state index contributed by atoms with van der Waals surface area (Å²) < 4.78 is 0. The van der Waals surface area contributed by atoms with E-state index >= 15 is 0 Å². The van der Waals surface area contributed by atoms with Crippen molar-refractivity contribution in [2.24, 2.45) is 0 Å². The molecule has 3 rings (SSSR count). The van der Waals surface area contributed by atoms with Gasteiger partial charge in [-0.2, -0.15) is 5.26 Å². The van der Waals surface area contributed by atoms with E-state index in [1.165, 1.54) is 0 Å². The van der Waals surface area contributed by atoms with Crippen LogP contribution in [-0.2, 0) is 4.79 Å². The molecule has 0 aliphatic carbocycles. The molecule has 6 heteroatoms. The molecule has 0 bridgehead atoms. The normalized spacial score (nSPS) is 16.5. The maximum atomic E-state index is 12.5. The van der Waals surface area contributed by atoms with E-state index in [2.05, 4.69) is 5.32 Å². The molecule has 1 heterocycles. The number of amides is 2. The summed E-state index contributed by atoms with van der Waals surface area (Å²) in [6.07, 6.45) is 1.76. The zero-order valence-electron chi connectivity index (χ0n) is 15.0. The molecule has 0 radical (unpaired) electrons. The highest BCUT2D eigenvalue weighted by Crippen LogP contribution is 2.25. The van der Waals surface area contributed by atoms with Gasteiger partial charge in [0.2, 0.25) is 5.91 Å². The molecular weight excluding hydrogens is 362 g/mol. The van der Waals surface area contributed by atoms with Crippen LogP contribution >= 0.6 is 11.6 Å². The Kier molecular flexibility index (Phi) is 5.78. The monoisotopic (exact) mass is 381 g/mol. The molecule has 1 saturated heterocycles. The minimum Gasteiger partial charge on any atom is -0.348 e. The first-order chi connectivity index (χ1) is 13.0. The van der Waals surface area contributed by atoms with Gasteiger partial charge in [0.15, 0.2) is 0 Å². The van der Waals surface area contributed by atoms with Crippen molar-refractivity contribution in [2.75, 3.05) is 13.1 Å². The second kappa shape index (κ2) is 8.24. The third kappa shape index (κ3) is 4.47. The molecule has 0 aromatic heterocycles. The topological polar surface area (TPSA) is 73.2 Å². The van der Waals surface area contributed by atoms with Gasteiger partial charge in [0.05, 0.1) is 10.6 Å². The van der Waals surface area contributed by atoms with Gasteiger partial charge in [-0.25, -0.2) is 0 Å². The lowest BCUT2D eigenvalue weighted by molar-refractivity contribution is -0.130. The predicted molar refractivity (Wildman–Crippen MR) is 104 cm³/mol. The van der Waals surface area contributed by atoms with Gasteiger partial charge in [-0.15, -0.1) is 0 Å². The predicted octanol–water partition coefficient (Wildman–Crippen LogP) is 3.62. The first-order valence-corrected chi connectivity index (χ1v) is 9.22. The lowest BCUT2D eigenvalue weighted by Crippen LogP contribution is -2.49. The fraction of sp³-hybridized carbons (Fsp3) is 0.286. The Hall–Kier alpha value is -2.84. The molecule has 0 saturated carbocycles. The number of likely N-dealkylation sites (tertiary alicyclic amines) is 1. The van der Waals surface area contributed by atoms with Gasteiger partial charge in [0, 0.05) is 31.6 Å². The first kappa shape index (κ1) is 18.9. The van der Waals surface area contributed by atoms with Gasteiger partial charge in [-0.05, 0) is 48.2 Å². The molecule has 138 valence electrons. The summed E-state index contributed by atoms with van der Waals surface area (Å²) in [4.78, 5) is 25.8. The van der Waals surface area contributed by atoms with Crippen molar-refractivity contribution in [3.8, 4) is 17.2 Å². The first-order valence-electron chi connectivity index (χ1n) is 8.84. The molecule has 1 fully saturated rings. The average Bonchev–Trinajstić information content (AvgIpc) is 2.68. The molecule has 1 aliphatic heterocycles. The van der Waals surface area contributed by atoms with Gasteiger partial charge in [0.25, 0.3) is 5.91 Å². The van der Waals surface area contributed by atoms with Gasteiger partial charge in [-0.1, -0.05) is 29.8 Å². The molecule has 0 spiro atoms. The minimum atomic E-state index is -0.144. The molecular formula is C21H20ClN3O2. The van der Waals surface area contributed by atoms with E-state index in [-0.39, 0.29) is 17.9 Å². The summed E-state index contributed by atoms with van der Waals surface area (Å²) >= 11 is 6.09. The Labute approximate surface area is 163 Å². The lowest BCUT2D eigenvalue weighted by atomic mass is 10.0. The number of hydrogen-bond acceptors (Lipinski definition) is 3. The van der Waals surface area contributed by atoms with Crippen molar-refractivity contribution >= 4 is 23.4 Å². The number of nitriles is 1. The summed E-state index contributed by atoms with van der Waals surface area (Å²) in [5, 5.41) is 12.4. The second-order valence-electron chi connectivity index (χ2n) is 6.66. The Morgan fingerprint density at radius 3 is 2.52 bits per heavy atom. The van der Waals surface area contributed by atoms with Crippen LogP contribution in [0.25, 0.3) is 11.1 Å². The molecule has 2 aromatic rings. The number of nitrogens with zero attached hydrogens (tertiary/aromatic N) is 2. The van der Waals surface area contributed by atoms with Crippen LogP contribution in [0.4, 0.5) is 0 Å². The Morgan fingerprint density at radius 2 is 1.89 bits per heavy atom.